The van der Waals surface area contributed by atoms with Crippen molar-refractivity contribution < 1.29 is 27.4 Å². The second-order valence-corrected chi connectivity index (χ2v) is 8.27. The summed E-state index contributed by atoms with van der Waals surface area (Å²) in [4.78, 5) is 19.8. The van der Waals surface area contributed by atoms with Crippen LogP contribution in [0.5, 0.6) is 0 Å². The maximum absolute atomic E-state index is 13.1. The van der Waals surface area contributed by atoms with Crippen molar-refractivity contribution in [1.82, 2.24) is 9.88 Å². The lowest BCUT2D eigenvalue weighted by Gasteiger charge is -2.34. The molecule has 2 aromatic rings. The molecular formula is C20H21F3N2O3S. The van der Waals surface area contributed by atoms with Gasteiger partial charge in [-0.2, -0.15) is 13.2 Å². The highest BCUT2D eigenvalue weighted by Gasteiger charge is 2.34. The normalized spacial score (nSPS) is 21.0. The van der Waals surface area contributed by atoms with Crippen LogP contribution in [0.2, 0.25) is 0 Å². The predicted molar refractivity (Wildman–Crippen MR) is 102 cm³/mol. The molecule has 0 bridgehead atoms. The largest absolute Gasteiger partial charge is 0.416 e. The third-order valence-corrected chi connectivity index (χ3v) is 6.42. The Morgan fingerprint density at radius 3 is 2.55 bits per heavy atom. The average molecular weight is 426 g/mol. The Morgan fingerprint density at radius 1 is 1.21 bits per heavy atom. The van der Waals surface area contributed by atoms with Crippen LogP contribution >= 0.6 is 11.3 Å². The fourth-order valence-corrected chi connectivity index (χ4v) is 4.77. The van der Waals surface area contributed by atoms with Crippen LogP contribution in [0.15, 0.2) is 24.3 Å². The molecule has 2 fully saturated rings. The van der Waals surface area contributed by atoms with Crippen LogP contribution in [-0.4, -0.2) is 48.4 Å². The second-order valence-electron chi connectivity index (χ2n) is 7.27. The Labute approximate surface area is 170 Å². The van der Waals surface area contributed by atoms with Crippen molar-refractivity contribution in [3.05, 3.63) is 40.4 Å². The molecule has 9 heteroatoms. The molecular weight excluding hydrogens is 405 g/mol. The minimum absolute atomic E-state index is 0.0964. The van der Waals surface area contributed by atoms with Crippen LogP contribution in [-0.2, 0) is 15.7 Å². The quantitative estimate of drug-likeness (QED) is 0.732. The monoisotopic (exact) mass is 426 g/mol. The predicted octanol–water partition coefficient (Wildman–Crippen LogP) is 4.36. The number of likely N-dealkylation sites (tertiary alicyclic amines) is 1. The molecule has 0 N–H and O–H groups in total. The van der Waals surface area contributed by atoms with E-state index in [0.717, 1.165) is 25.0 Å². The number of rotatable bonds is 3. The zero-order chi connectivity index (χ0) is 20.6. The highest BCUT2D eigenvalue weighted by molar-refractivity contribution is 7.17. The molecule has 0 aliphatic carbocycles. The highest BCUT2D eigenvalue weighted by Crippen LogP contribution is 2.34. The van der Waals surface area contributed by atoms with Crippen LogP contribution in [0.3, 0.4) is 0 Å². The highest BCUT2D eigenvalue weighted by atomic mass is 32.1. The van der Waals surface area contributed by atoms with Crippen molar-refractivity contribution in [2.45, 2.75) is 32.2 Å². The van der Waals surface area contributed by atoms with Gasteiger partial charge in [-0.05, 0) is 31.9 Å². The van der Waals surface area contributed by atoms with Gasteiger partial charge >= 0.3 is 6.18 Å². The molecule has 1 aromatic heterocycles. The van der Waals surface area contributed by atoms with E-state index in [1.165, 1.54) is 23.5 Å². The van der Waals surface area contributed by atoms with Crippen molar-refractivity contribution in [3.8, 4) is 10.6 Å². The molecule has 0 saturated carbocycles. The van der Waals surface area contributed by atoms with Crippen LogP contribution in [0.4, 0.5) is 13.2 Å². The molecule has 156 valence electrons. The van der Waals surface area contributed by atoms with E-state index in [1.807, 2.05) is 0 Å². The average Bonchev–Trinajstić information content (AvgIpc) is 3.37. The summed E-state index contributed by atoms with van der Waals surface area (Å²) in [5.41, 5.74) is 0.446. The fraction of sp³-hybridized carbons (Fsp3) is 0.500. The standard InChI is InChI=1S/C20H21F3N2O3S/c1-12-16(18(26)25-8-2-3-14(11-25)19-27-9-10-28-19)29-17(24-12)13-4-6-15(7-5-13)20(21,22)23/h4-7,14,19H,2-3,8-11H2,1H3. The molecule has 0 radical (unpaired) electrons. The van der Waals surface area contributed by atoms with Gasteiger partial charge in [0.2, 0.25) is 0 Å². The van der Waals surface area contributed by atoms with Gasteiger partial charge in [-0.3, -0.25) is 4.79 Å². The molecule has 1 unspecified atom stereocenters. The number of alkyl halides is 3. The number of benzene rings is 1. The molecule has 1 atom stereocenters. The molecule has 2 aliphatic rings. The second kappa shape index (κ2) is 8.04. The summed E-state index contributed by atoms with van der Waals surface area (Å²) in [6.07, 6.45) is -2.80. The Kier molecular flexibility index (Phi) is 5.63. The Hall–Kier alpha value is -1.97. The first-order chi connectivity index (χ1) is 13.8. The Bertz CT molecular complexity index is 876. The molecule has 1 amide bonds. The molecule has 0 spiro atoms. The number of hydrogen-bond donors (Lipinski definition) is 0. The van der Waals surface area contributed by atoms with E-state index in [-0.39, 0.29) is 18.1 Å². The summed E-state index contributed by atoms with van der Waals surface area (Å²) in [5.74, 6) is 0.0543. The van der Waals surface area contributed by atoms with Gasteiger partial charge in [0.15, 0.2) is 6.29 Å². The minimum atomic E-state index is -4.38. The number of aromatic nitrogens is 1. The van der Waals surface area contributed by atoms with Gasteiger partial charge in [-0.1, -0.05) is 12.1 Å². The fourth-order valence-electron chi connectivity index (χ4n) is 3.73. The van der Waals surface area contributed by atoms with Gasteiger partial charge in [0, 0.05) is 24.6 Å². The van der Waals surface area contributed by atoms with E-state index in [0.29, 0.717) is 47.4 Å². The van der Waals surface area contributed by atoms with Crippen LogP contribution in [0.1, 0.15) is 33.8 Å². The van der Waals surface area contributed by atoms with E-state index in [9.17, 15) is 18.0 Å². The number of carbonyl (C=O) groups excluding carboxylic acids is 1. The zero-order valence-corrected chi connectivity index (χ0v) is 16.7. The van der Waals surface area contributed by atoms with Crippen LogP contribution < -0.4 is 0 Å². The SMILES string of the molecule is Cc1nc(-c2ccc(C(F)(F)F)cc2)sc1C(=O)N1CCCC(C2OCCO2)C1. The van der Waals surface area contributed by atoms with E-state index in [2.05, 4.69) is 4.98 Å². The van der Waals surface area contributed by atoms with Gasteiger partial charge in [0.1, 0.15) is 9.88 Å². The van der Waals surface area contributed by atoms with Crippen LogP contribution in [0, 0.1) is 12.8 Å². The number of thiazole rings is 1. The van der Waals surface area contributed by atoms with Gasteiger partial charge < -0.3 is 14.4 Å². The maximum Gasteiger partial charge on any atom is 0.416 e. The topological polar surface area (TPSA) is 51.7 Å². The molecule has 1 aromatic carbocycles. The summed E-state index contributed by atoms with van der Waals surface area (Å²) in [5, 5.41) is 0.538. The number of aryl methyl sites for hydroxylation is 1. The first-order valence-corrected chi connectivity index (χ1v) is 10.3. The lowest BCUT2D eigenvalue weighted by molar-refractivity contribution is -0.137. The summed E-state index contributed by atoms with van der Waals surface area (Å²) < 4.78 is 49.5. The summed E-state index contributed by atoms with van der Waals surface area (Å²) in [7, 11) is 0. The molecule has 2 saturated heterocycles. The maximum atomic E-state index is 13.1. The smallest absolute Gasteiger partial charge is 0.350 e. The first kappa shape index (κ1) is 20.3. The number of nitrogens with zero attached hydrogens (tertiary/aromatic N) is 2. The number of piperidine rings is 1. The molecule has 2 aliphatic heterocycles. The van der Waals surface area contributed by atoms with Crippen molar-refractivity contribution in [2.75, 3.05) is 26.3 Å². The third kappa shape index (κ3) is 4.31. The minimum Gasteiger partial charge on any atom is -0.350 e. The van der Waals surface area contributed by atoms with Gasteiger partial charge in [0.25, 0.3) is 5.91 Å². The summed E-state index contributed by atoms with van der Waals surface area (Å²) in [6.45, 7) is 4.15. The summed E-state index contributed by atoms with van der Waals surface area (Å²) in [6, 6.07) is 4.84. The Morgan fingerprint density at radius 2 is 1.90 bits per heavy atom. The van der Waals surface area contributed by atoms with Crippen molar-refractivity contribution >= 4 is 17.2 Å². The Balaban J connectivity index is 1.50. The van der Waals surface area contributed by atoms with E-state index < -0.39 is 11.7 Å². The van der Waals surface area contributed by atoms with Crippen molar-refractivity contribution in [3.63, 3.8) is 0 Å². The first-order valence-electron chi connectivity index (χ1n) is 9.50. The summed E-state index contributed by atoms with van der Waals surface area (Å²) >= 11 is 1.22. The van der Waals surface area contributed by atoms with E-state index in [4.69, 9.17) is 9.47 Å². The lowest BCUT2D eigenvalue weighted by Crippen LogP contribution is -2.43. The number of amides is 1. The zero-order valence-electron chi connectivity index (χ0n) is 15.9. The van der Waals surface area contributed by atoms with Gasteiger partial charge in [-0.25, -0.2) is 4.98 Å². The van der Waals surface area contributed by atoms with Gasteiger partial charge in [0.05, 0.1) is 24.5 Å². The van der Waals surface area contributed by atoms with Crippen LogP contribution in [0.25, 0.3) is 10.6 Å². The van der Waals surface area contributed by atoms with E-state index in [1.54, 1.807) is 11.8 Å². The van der Waals surface area contributed by atoms with Gasteiger partial charge in [-0.15, -0.1) is 11.3 Å². The number of halogens is 3. The van der Waals surface area contributed by atoms with Crippen molar-refractivity contribution in [2.24, 2.45) is 5.92 Å². The number of carbonyl (C=O) groups is 1. The number of ether oxygens (including phenoxy) is 2. The molecule has 29 heavy (non-hydrogen) atoms. The molecule has 5 nitrogen and oxygen atoms in total. The third-order valence-electron chi connectivity index (χ3n) is 5.23. The molecule has 4 rings (SSSR count). The van der Waals surface area contributed by atoms with Crippen molar-refractivity contribution in [1.29, 1.82) is 0 Å². The number of hydrogen-bond acceptors (Lipinski definition) is 5. The lowest BCUT2D eigenvalue weighted by atomic mass is 9.97. The molecule has 3 heterocycles. The van der Waals surface area contributed by atoms with E-state index >= 15 is 0 Å².